The Hall–Kier alpha value is -2.20. The molecule has 0 aliphatic heterocycles. The molecule has 0 spiro atoms. The third-order valence-electron chi connectivity index (χ3n) is 1.75. The normalized spacial score (nSPS) is 12.3. The van der Waals surface area contributed by atoms with Crippen LogP contribution in [0.3, 0.4) is 0 Å². The van der Waals surface area contributed by atoms with E-state index in [1.54, 1.807) is 0 Å². The minimum Gasteiger partial charge on any atom is -0.476 e. The largest absolute Gasteiger partial charge is 0.573 e. The van der Waals surface area contributed by atoms with Crippen LogP contribution in [-0.4, -0.2) is 22.4 Å². The lowest BCUT2D eigenvalue weighted by Gasteiger charge is -2.13. The van der Waals surface area contributed by atoms with Crippen LogP contribution in [0, 0.1) is 0 Å². The van der Waals surface area contributed by atoms with Gasteiger partial charge in [-0.3, -0.25) is 4.79 Å². The first-order valence-corrected chi connectivity index (χ1v) is 4.25. The van der Waals surface area contributed by atoms with Crippen LogP contribution in [0.2, 0.25) is 0 Å². The smallest absolute Gasteiger partial charge is 0.476 e. The number of hydrogen-bond acceptors (Lipinski definition) is 3. The van der Waals surface area contributed by atoms with Crippen molar-refractivity contribution in [2.75, 3.05) is 0 Å². The Balaban J connectivity index is 3.49. The first-order chi connectivity index (χ1) is 8.42. The fourth-order valence-electron chi connectivity index (χ4n) is 1.09. The van der Waals surface area contributed by atoms with Crippen molar-refractivity contribution in [1.29, 1.82) is 0 Å². The van der Waals surface area contributed by atoms with Gasteiger partial charge in [0, 0.05) is 6.07 Å². The van der Waals surface area contributed by atoms with E-state index in [1.807, 2.05) is 0 Å². The Labute approximate surface area is 99.0 Å². The van der Waals surface area contributed by atoms with Crippen molar-refractivity contribution in [1.82, 2.24) is 4.98 Å². The molecule has 0 aromatic carbocycles. The molecule has 1 rings (SSSR count). The standard InChI is InChI=1S/C8H3F6NO4/c9-7(10,11)2-1-3(19-8(12,13)14)4(6(17)18)15-5(2)16/h1H,(H,15,16)(H,17,18). The van der Waals surface area contributed by atoms with E-state index in [0.29, 0.717) is 0 Å². The molecule has 0 amide bonds. The summed E-state index contributed by atoms with van der Waals surface area (Å²) in [7, 11) is 0. The summed E-state index contributed by atoms with van der Waals surface area (Å²) in [6.45, 7) is 0. The Morgan fingerprint density at radius 1 is 1.21 bits per heavy atom. The van der Waals surface area contributed by atoms with Gasteiger partial charge in [-0.25, -0.2) is 4.79 Å². The molecule has 0 saturated carbocycles. The Kier molecular flexibility index (Phi) is 3.50. The van der Waals surface area contributed by atoms with E-state index in [-0.39, 0.29) is 6.07 Å². The minimum atomic E-state index is -5.41. The van der Waals surface area contributed by atoms with Crippen LogP contribution in [0.15, 0.2) is 10.9 Å². The van der Waals surface area contributed by atoms with Crippen LogP contribution < -0.4 is 10.3 Å². The van der Waals surface area contributed by atoms with E-state index < -0.39 is 41.1 Å². The minimum absolute atomic E-state index is 0.324. The third-order valence-corrected chi connectivity index (χ3v) is 1.75. The molecule has 1 heterocycles. The summed E-state index contributed by atoms with van der Waals surface area (Å²) in [5.41, 5.74) is -5.33. The molecule has 0 unspecified atom stereocenters. The highest BCUT2D eigenvalue weighted by molar-refractivity contribution is 5.88. The summed E-state index contributed by atoms with van der Waals surface area (Å²) in [5, 5.41) is 8.48. The molecule has 0 bridgehead atoms. The fraction of sp³-hybridized carbons (Fsp3) is 0.250. The predicted octanol–water partition coefficient (Wildman–Crippen LogP) is 1.99. The second kappa shape index (κ2) is 4.48. The molecule has 0 atom stereocenters. The van der Waals surface area contributed by atoms with E-state index in [9.17, 15) is 35.9 Å². The second-order valence-electron chi connectivity index (χ2n) is 3.10. The maximum Gasteiger partial charge on any atom is 0.573 e. The van der Waals surface area contributed by atoms with E-state index in [4.69, 9.17) is 5.11 Å². The summed E-state index contributed by atoms with van der Waals surface area (Å²) in [5.74, 6) is -3.74. The number of hydrogen-bond donors (Lipinski definition) is 2. The molecular weight excluding hydrogens is 288 g/mol. The summed E-state index contributed by atoms with van der Waals surface area (Å²) < 4.78 is 75.8. The Bertz CT molecular complexity index is 558. The van der Waals surface area contributed by atoms with Crippen LogP contribution in [0.25, 0.3) is 0 Å². The second-order valence-corrected chi connectivity index (χ2v) is 3.10. The van der Waals surface area contributed by atoms with E-state index in [1.165, 1.54) is 4.98 Å². The van der Waals surface area contributed by atoms with Gasteiger partial charge in [0.05, 0.1) is 0 Å². The maximum absolute atomic E-state index is 12.3. The topological polar surface area (TPSA) is 79.4 Å². The predicted molar refractivity (Wildman–Crippen MR) is 45.7 cm³/mol. The molecule has 19 heavy (non-hydrogen) atoms. The van der Waals surface area contributed by atoms with Gasteiger partial charge in [0.15, 0.2) is 11.4 Å². The summed E-state index contributed by atoms with van der Waals surface area (Å²) >= 11 is 0. The number of ether oxygens (including phenoxy) is 1. The number of aromatic carboxylic acids is 1. The number of alkyl halides is 6. The van der Waals surface area contributed by atoms with Gasteiger partial charge >= 0.3 is 18.5 Å². The molecule has 106 valence electrons. The van der Waals surface area contributed by atoms with Gasteiger partial charge in [-0.15, -0.1) is 13.2 Å². The van der Waals surface area contributed by atoms with Crippen molar-refractivity contribution in [3.05, 3.63) is 27.7 Å². The average Bonchev–Trinajstić information content (AvgIpc) is 2.15. The van der Waals surface area contributed by atoms with Gasteiger partial charge in [0.1, 0.15) is 5.56 Å². The van der Waals surface area contributed by atoms with Gasteiger partial charge in [0.25, 0.3) is 5.56 Å². The van der Waals surface area contributed by atoms with Gasteiger partial charge in [-0.2, -0.15) is 13.2 Å². The molecular formula is C8H3F6NO4. The van der Waals surface area contributed by atoms with Crippen LogP contribution >= 0.6 is 0 Å². The number of aromatic amines is 1. The van der Waals surface area contributed by atoms with E-state index >= 15 is 0 Å². The first kappa shape index (κ1) is 14.9. The molecule has 0 fully saturated rings. The average molecular weight is 291 g/mol. The number of carboxylic acid groups (broad SMARTS) is 1. The van der Waals surface area contributed by atoms with Crippen molar-refractivity contribution in [2.24, 2.45) is 0 Å². The lowest BCUT2D eigenvalue weighted by molar-refractivity contribution is -0.275. The molecule has 0 saturated heterocycles. The zero-order chi connectivity index (χ0) is 15.0. The van der Waals surface area contributed by atoms with Crippen molar-refractivity contribution >= 4 is 5.97 Å². The lowest BCUT2D eigenvalue weighted by atomic mass is 10.2. The van der Waals surface area contributed by atoms with Crippen LogP contribution in [0.4, 0.5) is 26.3 Å². The molecule has 1 aromatic rings. The number of rotatable bonds is 2. The molecule has 1 aromatic heterocycles. The zero-order valence-corrected chi connectivity index (χ0v) is 8.52. The highest BCUT2D eigenvalue weighted by Gasteiger charge is 2.38. The van der Waals surface area contributed by atoms with E-state index in [0.717, 1.165) is 0 Å². The number of nitrogens with one attached hydrogen (secondary N) is 1. The zero-order valence-electron chi connectivity index (χ0n) is 8.52. The maximum atomic E-state index is 12.3. The number of pyridine rings is 1. The number of carbonyl (C=O) groups is 1. The summed E-state index contributed by atoms with van der Waals surface area (Å²) in [6, 6.07) is -0.324. The van der Waals surface area contributed by atoms with Gasteiger partial charge in [-0.05, 0) is 0 Å². The quantitative estimate of drug-likeness (QED) is 0.817. The van der Waals surface area contributed by atoms with Gasteiger partial charge in [0.2, 0.25) is 0 Å². The summed E-state index contributed by atoms with van der Waals surface area (Å²) in [6.07, 6.45) is -10.7. The third kappa shape index (κ3) is 3.63. The fourth-order valence-corrected chi connectivity index (χ4v) is 1.09. The molecule has 0 aliphatic rings. The van der Waals surface area contributed by atoms with E-state index in [2.05, 4.69) is 4.74 Å². The Morgan fingerprint density at radius 2 is 1.74 bits per heavy atom. The number of halogens is 6. The highest BCUT2D eigenvalue weighted by Crippen LogP contribution is 2.31. The Morgan fingerprint density at radius 3 is 2.11 bits per heavy atom. The molecule has 0 radical (unpaired) electrons. The number of H-pyrrole nitrogens is 1. The highest BCUT2D eigenvalue weighted by atomic mass is 19.4. The first-order valence-electron chi connectivity index (χ1n) is 4.25. The number of carboxylic acids is 1. The molecule has 0 aliphatic carbocycles. The molecule has 5 nitrogen and oxygen atoms in total. The van der Waals surface area contributed by atoms with Gasteiger partial charge < -0.3 is 14.8 Å². The monoisotopic (exact) mass is 291 g/mol. The SMILES string of the molecule is O=C(O)c1[nH]c(=O)c(C(F)(F)F)cc1OC(F)(F)F. The van der Waals surface area contributed by atoms with Gasteiger partial charge in [-0.1, -0.05) is 0 Å². The lowest BCUT2D eigenvalue weighted by Crippen LogP contribution is -2.27. The molecule has 2 N–H and O–H groups in total. The van der Waals surface area contributed by atoms with Crippen LogP contribution in [-0.2, 0) is 6.18 Å². The number of aromatic nitrogens is 1. The van der Waals surface area contributed by atoms with Crippen molar-refractivity contribution in [3.8, 4) is 5.75 Å². The molecule has 11 heteroatoms. The van der Waals surface area contributed by atoms with Crippen molar-refractivity contribution in [3.63, 3.8) is 0 Å². The van der Waals surface area contributed by atoms with Crippen LogP contribution in [0.5, 0.6) is 5.75 Å². The van der Waals surface area contributed by atoms with Crippen molar-refractivity contribution in [2.45, 2.75) is 12.5 Å². The van der Waals surface area contributed by atoms with Crippen molar-refractivity contribution < 1.29 is 41.0 Å². The summed E-state index contributed by atoms with van der Waals surface area (Å²) in [4.78, 5) is 22.6. The van der Waals surface area contributed by atoms with Crippen LogP contribution in [0.1, 0.15) is 16.1 Å².